The Morgan fingerprint density at radius 3 is 2.68 bits per heavy atom. The van der Waals surface area contributed by atoms with E-state index in [-0.39, 0.29) is 11.4 Å². The summed E-state index contributed by atoms with van der Waals surface area (Å²) >= 11 is 0. The highest BCUT2D eigenvalue weighted by atomic mass is 19.1. The second-order valence-corrected chi connectivity index (χ2v) is 4.03. The number of nitro groups is 1. The SMILES string of the molecule is CNc1ccc([N+](=O)[O-])c(-c2cc(F)ccc2C)n1. The molecule has 1 heterocycles. The number of aryl methyl sites for hydroxylation is 1. The van der Waals surface area contributed by atoms with Crippen molar-refractivity contribution in [2.75, 3.05) is 12.4 Å². The Labute approximate surface area is 109 Å². The lowest BCUT2D eigenvalue weighted by Crippen LogP contribution is -2.00. The molecule has 0 fully saturated rings. The van der Waals surface area contributed by atoms with Crippen LogP contribution in [0, 0.1) is 22.9 Å². The fourth-order valence-corrected chi connectivity index (χ4v) is 1.79. The lowest BCUT2D eigenvalue weighted by Gasteiger charge is -2.08. The molecule has 1 N–H and O–H groups in total. The van der Waals surface area contributed by atoms with Gasteiger partial charge >= 0.3 is 0 Å². The maximum Gasteiger partial charge on any atom is 0.295 e. The van der Waals surface area contributed by atoms with Gasteiger partial charge in [-0.3, -0.25) is 10.1 Å². The molecular formula is C13H12FN3O2. The second kappa shape index (κ2) is 5.01. The van der Waals surface area contributed by atoms with Crippen molar-refractivity contribution in [1.82, 2.24) is 4.98 Å². The third kappa shape index (κ3) is 2.52. The average Bonchev–Trinajstić information content (AvgIpc) is 2.40. The van der Waals surface area contributed by atoms with Crippen LogP contribution in [0.25, 0.3) is 11.3 Å². The summed E-state index contributed by atoms with van der Waals surface area (Å²) in [6.45, 7) is 1.76. The van der Waals surface area contributed by atoms with Crippen LogP contribution in [-0.4, -0.2) is 17.0 Å². The Balaban J connectivity index is 2.71. The van der Waals surface area contributed by atoms with E-state index in [1.807, 2.05) is 0 Å². The maximum atomic E-state index is 13.3. The lowest BCUT2D eigenvalue weighted by molar-refractivity contribution is -0.384. The number of anilines is 1. The first-order valence-corrected chi connectivity index (χ1v) is 5.62. The molecule has 0 unspecified atom stereocenters. The van der Waals surface area contributed by atoms with Gasteiger partial charge < -0.3 is 5.32 Å². The van der Waals surface area contributed by atoms with E-state index in [9.17, 15) is 14.5 Å². The number of benzene rings is 1. The summed E-state index contributed by atoms with van der Waals surface area (Å²) < 4.78 is 13.3. The van der Waals surface area contributed by atoms with Gasteiger partial charge in [0, 0.05) is 18.7 Å². The zero-order valence-corrected chi connectivity index (χ0v) is 10.5. The summed E-state index contributed by atoms with van der Waals surface area (Å²) in [5.41, 5.74) is 1.16. The molecule has 98 valence electrons. The van der Waals surface area contributed by atoms with E-state index < -0.39 is 10.7 Å². The van der Waals surface area contributed by atoms with E-state index in [1.165, 1.54) is 24.3 Å². The quantitative estimate of drug-likeness (QED) is 0.680. The summed E-state index contributed by atoms with van der Waals surface area (Å²) in [5.74, 6) is 0.0378. The smallest absolute Gasteiger partial charge is 0.295 e. The minimum Gasteiger partial charge on any atom is -0.373 e. The van der Waals surface area contributed by atoms with E-state index in [0.29, 0.717) is 11.4 Å². The zero-order chi connectivity index (χ0) is 14.0. The Hall–Kier alpha value is -2.50. The minimum atomic E-state index is -0.522. The topological polar surface area (TPSA) is 68.1 Å². The van der Waals surface area contributed by atoms with Crippen LogP contribution < -0.4 is 5.32 Å². The van der Waals surface area contributed by atoms with Gasteiger partial charge in [0.15, 0.2) is 5.69 Å². The maximum absolute atomic E-state index is 13.3. The van der Waals surface area contributed by atoms with Crippen molar-refractivity contribution in [1.29, 1.82) is 0 Å². The van der Waals surface area contributed by atoms with Gasteiger partial charge in [-0.25, -0.2) is 9.37 Å². The number of hydrogen-bond donors (Lipinski definition) is 1. The Bertz CT molecular complexity index is 644. The van der Waals surface area contributed by atoms with Gasteiger partial charge in [0.2, 0.25) is 0 Å². The van der Waals surface area contributed by atoms with Crippen molar-refractivity contribution in [3.05, 3.63) is 51.8 Å². The molecule has 2 aromatic rings. The van der Waals surface area contributed by atoms with E-state index in [2.05, 4.69) is 10.3 Å². The van der Waals surface area contributed by atoms with Gasteiger partial charge in [0.1, 0.15) is 11.6 Å². The van der Waals surface area contributed by atoms with Crippen LogP contribution in [0.5, 0.6) is 0 Å². The fraction of sp³-hybridized carbons (Fsp3) is 0.154. The first-order valence-electron chi connectivity index (χ1n) is 5.62. The monoisotopic (exact) mass is 261 g/mol. The molecule has 0 radical (unpaired) electrons. The van der Waals surface area contributed by atoms with Crippen molar-refractivity contribution in [2.45, 2.75) is 6.92 Å². The molecule has 19 heavy (non-hydrogen) atoms. The van der Waals surface area contributed by atoms with E-state index in [1.54, 1.807) is 20.0 Å². The number of hydrogen-bond acceptors (Lipinski definition) is 4. The van der Waals surface area contributed by atoms with Gasteiger partial charge in [-0.15, -0.1) is 0 Å². The summed E-state index contributed by atoms with van der Waals surface area (Å²) in [6.07, 6.45) is 0. The van der Waals surface area contributed by atoms with Gasteiger partial charge in [0.25, 0.3) is 5.69 Å². The van der Waals surface area contributed by atoms with Gasteiger partial charge in [-0.05, 0) is 30.7 Å². The van der Waals surface area contributed by atoms with Crippen LogP contribution in [0.2, 0.25) is 0 Å². The van der Waals surface area contributed by atoms with Gasteiger partial charge in [-0.1, -0.05) is 6.07 Å². The number of nitrogens with one attached hydrogen (secondary N) is 1. The van der Waals surface area contributed by atoms with Crippen molar-refractivity contribution < 1.29 is 9.31 Å². The van der Waals surface area contributed by atoms with Crippen LogP contribution in [0.3, 0.4) is 0 Å². The molecule has 0 saturated carbocycles. The largest absolute Gasteiger partial charge is 0.373 e. The molecule has 2 rings (SSSR count). The van der Waals surface area contributed by atoms with Crippen LogP contribution in [0.4, 0.5) is 15.9 Å². The molecule has 0 bridgehead atoms. The van der Waals surface area contributed by atoms with Gasteiger partial charge in [0.05, 0.1) is 4.92 Å². The lowest BCUT2D eigenvalue weighted by atomic mass is 10.0. The van der Waals surface area contributed by atoms with Crippen LogP contribution in [0.15, 0.2) is 30.3 Å². The highest BCUT2D eigenvalue weighted by molar-refractivity contribution is 5.73. The Kier molecular flexibility index (Phi) is 3.41. The van der Waals surface area contributed by atoms with Crippen LogP contribution in [-0.2, 0) is 0 Å². The van der Waals surface area contributed by atoms with E-state index >= 15 is 0 Å². The van der Waals surface area contributed by atoms with Crippen molar-refractivity contribution in [3.63, 3.8) is 0 Å². The molecule has 1 aromatic carbocycles. The zero-order valence-electron chi connectivity index (χ0n) is 10.5. The molecular weight excluding hydrogens is 249 g/mol. The summed E-state index contributed by atoms with van der Waals surface area (Å²) in [6, 6.07) is 7.01. The van der Waals surface area contributed by atoms with E-state index in [4.69, 9.17) is 0 Å². The summed E-state index contributed by atoms with van der Waals surface area (Å²) in [5, 5.41) is 13.9. The standard InChI is InChI=1S/C13H12FN3O2/c1-8-3-4-9(14)7-10(8)13-11(17(18)19)5-6-12(15-2)16-13/h3-7H,1-2H3,(H,15,16). The second-order valence-electron chi connectivity index (χ2n) is 4.03. The van der Waals surface area contributed by atoms with Crippen LogP contribution in [0.1, 0.15) is 5.56 Å². The predicted molar refractivity (Wildman–Crippen MR) is 70.6 cm³/mol. The molecule has 0 aliphatic carbocycles. The average molecular weight is 261 g/mol. The summed E-state index contributed by atoms with van der Waals surface area (Å²) in [4.78, 5) is 14.7. The molecule has 0 amide bonds. The van der Waals surface area contributed by atoms with Crippen LogP contribution >= 0.6 is 0 Å². The van der Waals surface area contributed by atoms with Gasteiger partial charge in [-0.2, -0.15) is 0 Å². The van der Waals surface area contributed by atoms with E-state index in [0.717, 1.165) is 5.56 Å². The van der Waals surface area contributed by atoms with Crippen molar-refractivity contribution in [3.8, 4) is 11.3 Å². The molecule has 1 aromatic heterocycles. The molecule has 6 heteroatoms. The fourth-order valence-electron chi connectivity index (χ4n) is 1.79. The number of halogens is 1. The first-order chi connectivity index (χ1) is 9.02. The predicted octanol–water partition coefficient (Wildman–Crippen LogP) is 3.15. The molecule has 0 aliphatic heterocycles. The molecule has 0 atom stereocenters. The normalized spacial score (nSPS) is 10.3. The minimum absolute atomic E-state index is 0.146. The highest BCUT2D eigenvalue weighted by Crippen LogP contribution is 2.31. The highest BCUT2D eigenvalue weighted by Gasteiger charge is 2.19. The number of pyridine rings is 1. The molecule has 5 nitrogen and oxygen atoms in total. The number of rotatable bonds is 3. The van der Waals surface area contributed by atoms with Crippen molar-refractivity contribution in [2.24, 2.45) is 0 Å². The molecule has 0 aliphatic rings. The Morgan fingerprint density at radius 1 is 1.32 bits per heavy atom. The van der Waals surface area contributed by atoms with Crippen molar-refractivity contribution >= 4 is 11.5 Å². The first kappa shape index (κ1) is 12.9. The third-order valence-corrected chi connectivity index (χ3v) is 2.78. The summed E-state index contributed by atoms with van der Waals surface area (Å²) in [7, 11) is 1.66. The Morgan fingerprint density at radius 2 is 2.05 bits per heavy atom. The molecule has 0 spiro atoms. The molecule has 0 saturated heterocycles. The number of nitrogens with zero attached hydrogens (tertiary/aromatic N) is 2. The third-order valence-electron chi connectivity index (χ3n) is 2.78. The number of aromatic nitrogens is 1.